The van der Waals surface area contributed by atoms with Gasteiger partial charge in [-0.2, -0.15) is 0 Å². The zero-order valence-corrected chi connectivity index (χ0v) is 53.4. The van der Waals surface area contributed by atoms with Crippen molar-refractivity contribution in [3.63, 3.8) is 0 Å². The van der Waals surface area contributed by atoms with E-state index in [1.54, 1.807) is 0 Å². The van der Waals surface area contributed by atoms with Gasteiger partial charge in [0.2, 0.25) is 0 Å². The lowest BCUT2D eigenvalue weighted by Crippen LogP contribution is -2.62. The van der Waals surface area contributed by atoms with Crippen LogP contribution >= 0.6 is 0 Å². The smallest absolute Gasteiger partial charge is 0.252 e. The van der Waals surface area contributed by atoms with E-state index in [2.05, 4.69) is 295 Å². The van der Waals surface area contributed by atoms with Gasteiger partial charge in [0.15, 0.2) is 0 Å². The van der Waals surface area contributed by atoms with Crippen LogP contribution in [0.15, 0.2) is 170 Å². The van der Waals surface area contributed by atoms with E-state index in [0.717, 1.165) is 25.7 Å². The van der Waals surface area contributed by atoms with Crippen molar-refractivity contribution in [1.82, 2.24) is 0 Å². The first-order valence-corrected chi connectivity index (χ1v) is 31.8. The van der Waals surface area contributed by atoms with Gasteiger partial charge in [0.1, 0.15) is 0 Å². The van der Waals surface area contributed by atoms with Crippen LogP contribution in [-0.2, 0) is 44.4 Å². The van der Waals surface area contributed by atoms with Gasteiger partial charge in [-0.3, -0.25) is 0 Å². The fraction of sp³-hybridized carbons (Fsp3) is 0.333. The second-order valence-electron chi connectivity index (χ2n) is 30.9. The lowest BCUT2D eigenvalue weighted by molar-refractivity contribution is 0.245. The van der Waals surface area contributed by atoms with E-state index in [4.69, 9.17) is 0 Å². The third-order valence-electron chi connectivity index (χ3n) is 22.3. The van der Waals surface area contributed by atoms with Gasteiger partial charge in [-0.05, 0) is 217 Å². The molecule has 0 saturated heterocycles. The van der Waals surface area contributed by atoms with Crippen molar-refractivity contribution < 1.29 is 0 Å². The van der Waals surface area contributed by atoms with Crippen LogP contribution in [-0.4, -0.2) is 6.71 Å². The largest absolute Gasteiger partial charge is 0.330 e. The number of fused-ring (bicyclic) bond motifs is 9. The highest BCUT2D eigenvalue weighted by Gasteiger charge is 2.62. The van der Waals surface area contributed by atoms with E-state index < -0.39 is 0 Å². The van der Waals surface area contributed by atoms with Crippen molar-refractivity contribution in [2.45, 2.75) is 174 Å². The van der Waals surface area contributed by atoms with Gasteiger partial charge in [0.05, 0.1) is 16.9 Å². The summed E-state index contributed by atoms with van der Waals surface area (Å²) in [5.41, 5.74) is 33.7. The predicted octanol–water partition coefficient (Wildman–Crippen LogP) is 19.6. The van der Waals surface area contributed by atoms with Crippen LogP contribution in [0.3, 0.4) is 0 Å². The van der Waals surface area contributed by atoms with Crippen LogP contribution < -0.4 is 31.1 Å². The van der Waals surface area contributed by atoms with Gasteiger partial charge in [0.25, 0.3) is 6.71 Å². The highest BCUT2D eigenvalue weighted by molar-refractivity contribution is 7.00. The number of benzene rings is 9. The van der Waals surface area contributed by atoms with Gasteiger partial charge in [-0.15, -0.1) is 0 Å². The molecule has 426 valence electrons. The molecule has 4 aliphatic heterocycles. The Morgan fingerprint density at radius 1 is 0.435 bits per heavy atom. The summed E-state index contributed by atoms with van der Waals surface area (Å²) in [5, 5.41) is 0. The molecule has 6 aliphatic rings. The lowest BCUT2D eigenvalue weighted by atomic mass is 9.33. The number of hydrogen-bond acceptors (Lipinski definition) is 3. The second-order valence-corrected chi connectivity index (χ2v) is 30.9. The van der Waals surface area contributed by atoms with Crippen LogP contribution in [0.2, 0.25) is 0 Å². The zero-order chi connectivity index (χ0) is 59.4. The molecule has 3 nitrogen and oxygen atoms in total. The summed E-state index contributed by atoms with van der Waals surface area (Å²) in [7, 11) is 0. The molecule has 0 saturated carbocycles. The van der Waals surface area contributed by atoms with Crippen molar-refractivity contribution >= 4 is 68.6 Å². The van der Waals surface area contributed by atoms with E-state index in [1.807, 2.05) is 0 Å². The summed E-state index contributed by atoms with van der Waals surface area (Å²) in [6.45, 7) is 39.2. The van der Waals surface area contributed by atoms with Crippen LogP contribution in [0.1, 0.15) is 177 Å². The minimum Gasteiger partial charge on any atom is -0.330 e. The minimum absolute atomic E-state index is 0.0599. The van der Waals surface area contributed by atoms with Crippen molar-refractivity contribution in [3.8, 4) is 22.3 Å². The van der Waals surface area contributed by atoms with Crippen LogP contribution in [0.4, 0.5) is 45.5 Å². The lowest BCUT2D eigenvalue weighted by Gasteiger charge is -2.52. The molecule has 3 atom stereocenters. The van der Waals surface area contributed by atoms with Gasteiger partial charge in [0, 0.05) is 56.1 Å². The second kappa shape index (κ2) is 17.8. The molecule has 0 spiro atoms. The summed E-state index contributed by atoms with van der Waals surface area (Å²) >= 11 is 0. The summed E-state index contributed by atoms with van der Waals surface area (Å²) in [4.78, 5) is 8.36. The highest BCUT2D eigenvalue weighted by atomic mass is 15.3. The summed E-state index contributed by atoms with van der Waals surface area (Å²) < 4.78 is 0. The fourth-order valence-corrected chi connectivity index (χ4v) is 17.4. The number of nitrogens with zero attached hydrogens (tertiary/aromatic N) is 3. The average molecular weight is 1110 g/mol. The Morgan fingerprint density at radius 3 is 1.56 bits per heavy atom. The van der Waals surface area contributed by atoms with E-state index >= 15 is 0 Å². The van der Waals surface area contributed by atoms with Crippen molar-refractivity contribution in [2.24, 2.45) is 0 Å². The molecule has 85 heavy (non-hydrogen) atoms. The molecule has 6 bridgehead atoms. The normalized spacial score (nSPS) is 21.1. The molecule has 9 aromatic carbocycles. The highest BCUT2D eigenvalue weighted by Crippen LogP contribution is 2.67. The average Bonchev–Trinajstić information content (AvgIpc) is 1.68. The topological polar surface area (TPSA) is 9.72 Å². The van der Waals surface area contributed by atoms with Crippen molar-refractivity contribution in [3.05, 3.63) is 231 Å². The maximum absolute atomic E-state index is 2.89. The van der Waals surface area contributed by atoms with Crippen molar-refractivity contribution in [2.75, 3.05) is 14.7 Å². The molecule has 4 heteroatoms. The molecule has 0 radical (unpaired) electrons. The molecular formula is C81H84BN3. The van der Waals surface area contributed by atoms with Crippen LogP contribution in [0.5, 0.6) is 0 Å². The monoisotopic (exact) mass is 1110 g/mol. The number of hydrogen-bond donors (Lipinski definition) is 0. The van der Waals surface area contributed by atoms with E-state index in [-0.39, 0.29) is 44.7 Å². The molecule has 0 fully saturated rings. The van der Waals surface area contributed by atoms with Gasteiger partial charge in [-0.1, -0.05) is 199 Å². The minimum atomic E-state index is -0.378. The first-order chi connectivity index (χ1) is 40.2. The first-order valence-electron chi connectivity index (χ1n) is 31.8. The van der Waals surface area contributed by atoms with Gasteiger partial charge in [-0.25, -0.2) is 0 Å². The van der Waals surface area contributed by atoms with Gasteiger partial charge >= 0.3 is 0 Å². The van der Waals surface area contributed by atoms with E-state index in [0.29, 0.717) is 0 Å². The van der Waals surface area contributed by atoms with Crippen LogP contribution in [0, 0.1) is 13.8 Å². The number of rotatable bonds is 4. The fourth-order valence-electron chi connectivity index (χ4n) is 17.4. The Hall–Kier alpha value is -7.56. The van der Waals surface area contributed by atoms with E-state index in [9.17, 15) is 0 Å². The third kappa shape index (κ3) is 7.45. The Balaban J connectivity index is 1.14. The summed E-state index contributed by atoms with van der Waals surface area (Å²) in [6.07, 6.45) is 4.30. The molecular weight excluding hydrogens is 1030 g/mol. The molecule has 4 heterocycles. The summed E-state index contributed by atoms with van der Waals surface area (Å²) in [6, 6.07) is 67.9. The maximum atomic E-state index is 2.89. The van der Waals surface area contributed by atoms with E-state index in [1.165, 1.54) is 145 Å². The quantitative estimate of drug-likeness (QED) is 0.163. The van der Waals surface area contributed by atoms with Crippen molar-refractivity contribution in [1.29, 1.82) is 0 Å². The Labute approximate surface area is 508 Å². The molecule has 3 unspecified atom stereocenters. The number of anilines is 8. The Bertz CT molecular complexity index is 4320. The Kier molecular flexibility index (Phi) is 11.3. The van der Waals surface area contributed by atoms with Gasteiger partial charge < -0.3 is 14.7 Å². The Morgan fingerprint density at radius 2 is 0.976 bits per heavy atom. The molecule has 15 rings (SSSR count). The zero-order valence-electron chi connectivity index (χ0n) is 53.4. The molecule has 9 aromatic rings. The third-order valence-corrected chi connectivity index (χ3v) is 22.3. The SMILES string of the molecule is Cc1cc2c3c(C)c1C1(C)CCC(C)(C)c4cc5c(cc41)B1c4cc(ccc4N(c4ccc(C(C)(C)C)cc4-c4ccccc4)c4cc(C(C)(C)C)cc(c41)N5c1ccc(C(C)(C)C)cc1-c1ccccc1)N3C1(C)c3ccccc3CCC21C. The standard InChI is InChI=1S/C81H84BN3/c1-49-41-63-74-50(2)72(49)79(14)40-39-78(12,13)61-48-69-65(47-62(61)79)82-64-46-57(85(74)81(16)60-30-24-23-29-53(60)37-38-80(63,81)15)33-36-68(64)83(66-34-31-54(75(3,4)5)42-58(66)51-25-19-17-20-26-51)70-44-56(77(9,10)11)45-71(73(70)82)84(69)67-35-32-55(76(6,7)8)43-59(67)52-27-21-18-22-28-52/h17-36,41-48H,37-40H2,1-16H3. The molecule has 2 aliphatic carbocycles. The summed E-state index contributed by atoms with van der Waals surface area (Å²) in [5.74, 6) is 0. The molecule has 0 N–H and O–H groups in total. The molecule has 0 amide bonds. The first kappa shape index (κ1) is 54.1. The van der Waals surface area contributed by atoms with Crippen LogP contribution in [0.25, 0.3) is 22.3 Å². The number of aryl methyl sites for hydroxylation is 2. The maximum Gasteiger partial charge on any atom is 0.252 e. The molecule has 0 aromatic heterocycles. The predicted molar refractivity (Wildman–Crippen MR) is 364 cm³/mol.